The van der Waals surface area contributed by atoms with Gasteiger partial charge in [-0.15, -0.1) is 24.0 Å². The number of amides is 1. The van der Waals surface area contributed by atoms with Crippen LogP contribution in [0.4, 0.5) is 4.39 Å². The fourth-order valence-electron chi connectivity index (χ4n) is 3.53. The summed E-state index contributed by atoms with van der Waals surface area (Å²) in [6.07, 6.45) is 0. The van der Waals surface area contributed by atoms with Crippen LogP contribution in [0, 0.1) is 5.82 Å². The number of primary amides is 1. The summed E-state index contributed by atoms with van der Waals surface area (Å²) in [7, 11) is 1.72. The number of benzene rings is 1. The molecule has 0 unspecified atom stereocenters. The Morgan fingerprint density at radius 3 is 2.62 bits per heavy atom. The van der Waals surface area contributed by atoms with Crippen LogP contribution in [0.5, 0.6) is 5.75 Å². The van der Waals surface area contributed by atoms with Crippen LogP contribution in [0.3, 0.4) is 0 Å². The monoisotopic (exact) mass is 521 g/mol. The van der Waals surface area contributed by atoms with E-state index in [-0.39, 0.29) is 42.5 Å². The smallest absolute Gasteiger partial charge is 0.237 e. The number of ether oxygens (including phenoxy) is 2. The Kier molecular flexibility index (Phi) is 8.06. The van der Waals surface area contributed by atoms with E-state index in [1.807, 2.05) is 13.8 Å². The van der Waals surface area contributed by atoms with Gasteiger partial charge in [0.05, 0.1) is 12.1 Å². The van der Waals surface area contributed by atoms with Crippen molar-refractivity contribution in [3.63, 3.8) is 0 Å². The molecule has 29 heavy (non-hydrogen) atoms. The number of carbonyl (C=O) groups is 1. The predicted octanol–water partition coefficient (Wildman–Crippen LogP) is 1.27. The number of aliphatic imine (C=N–C) groups is 1. The predicted molar refractivity (Wildman–Crippen MR) is 119 cm³/mol. The van der Waals surface area contributed by atoms with Gasteiger partial charge in [0.25, 0.3) is 0 Å². The maximum Gasteiger partial charge on any atom is 0.237 e. The summed E-state index contributed by atoms with van der Waals surface area (Å²) in [6, 6.07) is 2.91. The summed E-state index contributed by atoms with van der Waals surface area (Å²) in [6.45, 7) is 7.40. The number of nitrogens with zero attached hydrogens (tertiary/aromatic N) is 3. The lowest BCUT2D eigenvalue weighted by molar-refractivity contribution is -0.129. The first-order valence-electron chi connectivity index (χ1n) is 9.35. The number of halogens is 2. The zero-order valence-corrected chi connectivity index (χ0v) is 19.4. The van der Waals surface area contributed by atoms with Crippen molar-refractivity contribution in [2.75, 3.05) is 40.0 Å². The zero-order valence-electron chi connectivity index (χ0n) is 17.0. The molecule has 0 aliphatic carbocycles. The molecule has 1 amide bonds. The molecule has 1 saturated heterocycles. The van der Waals surface area contributed by atoms with Crippen LogP contribution in [0.2, 0.25) is 0 Å². The number of rotatable bonds is 4. The molecule has 8 nitrogen and oxygen atoms in total. The van der Waals surface area contributed by atoms with Crippen LogP contribution in [-0.2, 0) is 22.7 Å². The molecule has 162 valence electrons. The summed E-state index contributed by atoms with van der Waals surface area (Å²) in [5.41, 5.74) is 6.28. The first-order chi connectivity index (χ1) is 13.3. The molecule has 2 aliphatic rings. The number of hydrogen-bond acceptors (Lipinski definition) is 5. The van der Waals surface area contributed by atoms with E-state index in [1.165, 1.54) is 12.1 Å². The summed E-state index contributed by atoms with van der Waals surface area (Å²) < 4.78 is 24.7. The van der Waals surface area contributed by atoms with Crippen LogP contribution in [0.1, 0.15) is 25.0 Å². The normalized spacial score (nSPS) is 17.8. The van der Waals surface area contributed by atoms with Crippen molar-refractivity contribution in [3.8, 4) is 5.75 Å². The van der Waals surface area contributed by atoms with Gasteiger partial charge in [-0.25, -0.2) is 4.39 Å². The maximum atomic E-state index is 13.9. The fraction of sp³-hybridized carbons (Fsp3) is 0.579. The van der Waals surface area contributed by atoms with Crippen LogP contribution in [0.25, 0.3) is 0 Å². The van der Waals surface area contributed by atoms with Gasteiger partial charge in [0, 0.05) is 50.9 Å². The lowest BCUT2D eigenvalue weighted by atomic mass is 10.0. The van der Waals surface area contributed by atoms with Gasteiger partial charge in [0.2, 0.25) is 5.91 Å². The molecule has 0 radical (unpaired) electrons. The molecule has 0 aromatic heterocycles. The van der Waals surface area contributed by atoms with Crippen molar-refractivity contribution in [2.45, 2.75) is 32.5 Å². The molecule has 3 rings (SSSR count). The number of piperazine rings is 1. The van der Waals surface area contributed by atoms with Crippen molar-refractivity contribution in [2.24, 2.45) is 10.7 Å². The third-order valence-electron chi connectivity index (χ3n) is 5.37. The lowest BCUT2D eigenvalue weighted by Crippen LogP contribution is -2.61. The molecular weight excluding hydrogens is 492 g/mol. The molecule has 0 spiro atoms. The van der Waals surface area contributed by atoms with E-state index in [0.29, 0.717) is 50.6 Å². The van der Waals surface area contributed by atoms with E-state index in [4.69, 9.17) is 15.2 Å². The average Bonchev–Trinajstić information content (AvgIpc) is 2.68. The van der Waals surface area contributed by atoms with Crippen molar-refractivity contribution < 1.29 is 18.7 Å². The highest BCUT2D eigenvalue weighted by Crippen LogP contribution is 2.29. The van der Waals surface area contributed by atoms with E-state index >= 15 is 0 Å². The van der Waals surface area contributed by atoms with E-state index in [1.54, 1.807) is 7.05 Å². The maximum absolute atomic E-state index is 13.9. The summed E-state index contributed by atoms with van der Waals surface area (Å²) in [5.74, 6) is 0.746. The molecule has 3 N–H and O–H groups in total. The van der Waals surface area contributed by atoms with Gasteiger partial charge in [-0.2, -0.15) is 0 Å². The molecule has 1 fully saturated rings. The number of nitrogens with one attached hydrogen (secondary N) is 1. The number of carbonyl (C=O) groups excluding carboxylic acids is 1. The Labute approximate surface area is 187 Å². The molecule has 1 aromatic rings. The van der Waals surface area contributed by atoms with E-state index in [0.717, 1.165) is 11.5 Å². The second-order valence-electron chi connectivity index (χ2n) is 7.46. The third-order valence-corrected chi connectivity index (χ3v) is 5.37. The Hall–Kier alpha value is -1.66. The van der Waals surface area contributed by atoms with Crippen LogP contribution >= 0.6 is 24.0 Å². The Balaban J connectivity index is 0.00000300. The highest BCUT2D eigenvalue weighted by atomic mass is 127. The molecule has 1 aromatic carbocycles. The lowest BCUT2D eigenvalue weighted by Gasteiger charge is -2.43. The van der Waals surface area contributed by atoms with Gasteiger partial charge >= 0.3 is 0 Å². The number of fused-ring (bicyclic) bond motifs is 1. The average molecular weight is 521 g/mol. The zero-order chi connectivity index (χ0) is 20.3. The van der Waals surface area contributed by atoms with Gasteiger partial charge in [-0.05, 0) is 26.0 Å². The Bertz CT molecular complexity index is 766. The minimum Gasteiger partial charge on any atom is -0.467 e. The van der Waals surface area contributed by atoms with Gasteiger partial charge in [0.1, 0.15) is 11.6 Å². The second kappa shape index (κ2) is 9.90. The quantitative estimate of drug-likeness (QED) is 0.353. The second-order valence-corrected chi connectivity index (χ2v) is 7.46. The van der Waals surface area contributed by atoms with Crippen LogP contribution in [-0.4, -0.2) is 67.2 Å². The molecule has 2 heterocycles. The topological polar surface area (TPSA) is 92.4 Å². The van der Waals surface area contributed by atoms with Crippen molar-refractivity contribution >= 4 is 35.8 Å². The molecule has 2 aliphatic heterocycles. The van der Waals surface area contributed by atoms with E-state index in [2.05, 4.69) is 20.1 Å². The highest BCUT2D eigenvalue weighted by Gasteiger charge is 2.35. The van der Waals surface area contributed by atoms with Gasteiger partial charge < -0.3 is 25.4 Å². The van der Waals surface area contributed by atoms with Crippen LogP contribution < -0.4 is 15.8 Å². The van der Waals surface area contributed by atoms with Crippen molar-refractivity contribution in [1.82, 2.24) is 15.1 Å². The van der Waals surface area contributed by atoms with Gasteiger partial charge in [0.15, 0.2) is 12.8 Å². The standard InChI is InChI=1S/C19H28FN5O3.HI/c1-19(2,17(21)26)25-6-4-24(5-7-25)18(22-3)23-10-13-8-15(20)9-14-11-27-12-28-16(13)14;/h8-9H,4-7,10-12H2,1-3H3,(H2,21,26)(H,22,23);1H. The minimum absolute atomic E-state index is 0. The summed E-state index contributed by atoms with van der Waals surface area (Å²) >= 11 is 0. The first kappa shape index (κ1) is 23.6. The summed E-state index contributed by atoms with van der Waals surface area (Å²) in [4.78, 5) is 20.2. The molecule has 0 bridgehead atoms. The fourth-order valence-corrected chi connectivity index (χ4v) is 3.53. The highest BCUT2D eigenvalue weighted by molar-refractivity contribution is 14.0. The first-order valence-corrected chi connectivity index (χ1v) is 9.35. The van der Waals surface area contributed by atoms with Gasteiger partial charge in [-0.3, -0.25) is 14.7 Å². The van der Waals surface area contributed by atoms with E-state index in [9.17, 15) is 9.18 Å². The molecule has 10 heteroatoms. The largest absolute Gasteiger partial charge is 0.467 e. The minimum atomic E-state index is -0.678. The third kappa shape index (κ3) is 5.28. The van der Waals surface area contributed by atoms with Crippen molar-refractivity contribution in [1.29, 1.82) is 0 Å². The number of nitrogens with two attached hydrogens (primary N) is 1. The SMILES string of the molecule is CN=C(NCc1cc(F)cc2c1OCOC2)N1CCN(C(C)(C)C(N)=O)CC1.I. The Morgan fingerprint density at radius 2 is 2.00 bits per heavy atom. The van der Waals surface area contributed by atoms with Gasteiger partial charge in [-0.1, -0.05) is 0 Å². The van der Waals surface area contributed by atoms with Crippen molar-refractivity contribution in [3.05, 3.63) is 29.1 Å². The van der Waals surface area contributed by atoms with E-state index < -0.39 is 5.54 Å². The van der Waals surface area contributed by atoms with Crippen LogP contribution in [0.15, 0.2) is 17.1 Å². The number of guanidine groups is 1. The molecule has 0 saturated carbocycles. The molecule has 0 atom stereocenters. The number of hydrogen-bond donors (Lipinski definition) is 2. The molecular formula is C19H29FIN5O3. The Morgan fingerprint density at radius 1 is 1.31 bits per heavy atom. The summed E-state index contributed by atoms with van der Waals surface area (Å²) in [5, 5.41) is 3.29.